The molecule has 1 fully saturated rings. The van der Waals surface area contributed by atoms with Crippen molar-refractivity contribution in [1.29, 1.82) is 0 Å². The Labute approximate surface area is 181 Å². The van der Waals surface area contributed by atoms with E-state index in [1.54, 1.807) is 12.5 Å². The maximum Gasteiger partial charge on any atom is 0.306 e. The van der Waals surface area contributed by atoms with E-state index in [0.717, 1.165) is 23.2 Å². The van der Waals surface area contributed by atoms with Crippen LogP contribution in [-0.2, 0) is 34.0 Å². The number of furan rings is 1. The molecule has 2 aliphatic heterocycles. The second kappa shape index (κ2) is 9.09. The SMILES string of the molecule is COC(=O)CCC(=O)N1C[C@@H]2C[C@H](C1)c1ccc(CN(C)Cc3ccoc3)c(=O)n1C2. The Kier molecular flexibility index (Phi) is 6.27. The molecule has 0 unspecified atom stereocenters. The highest BCUT2D eigenvalue weighted by atomic mass is 16.5. The third-order valence-electron chi connectivity index (χ3n) is 6.28. The number of rotatable bonds is 7. The van der Waals surface area contributed by atoms with Gasteiger partial charge in [-0.05, 0) is 31.5 Å². The first-order valence-corrected chi connectivity index (χ1v) is 10.7. The first-order chi connectivity index (χ1) is 14.9. The van der Waals surface area contributed by atoms with Crippen molar-refractivity contribution in [3.05, 3.63) is 57.9 Å². The summed E-state index contributed by atoms with van der Waals surface area (Å²) in [6.45, 7) is 3.14. The van der Waals surface area contributed by atoms with Crippen LogP contribution in [0.4, 0.5) is 0 Å². The van der Waals surface area contributed by atoms with E-state index >= 15 is 0 Å². The number of carbonyl (C=O) groups excluding carboxylic acids is 2. The minimum absolute atomic E-state index is 0.0200. The molecule has 4 heterocycles. The number of nitrogens with zero attached hydrogens (tertiary/aromatic N) is 3. The van der Waals surface area contributed by atoms with Crippen molar-refractivity contribution in [2.24, 2.45) is 5.92 Å². The van der Waals surface area contributed by atoms with Crippen LogP contribution >= 0.6 is 0 Å². The molecule has 0 spiro atoms. The average Bonchev–Trinajstić information content (AvgIpc) is 3.26. The van der Waals surface area contributed by atoms with Gasteiger partial charge in [0, 0.05) is 61.9 Å². The van der Waals surface area contributed by atoms with E-state index in [1.807, 2.05) is 34.7 Å². The molecule has 0 aromatic carbocycles. The Morgan fingerprint density at radius 2 is 2.00 bits per heavy atom. The Bertz CT molecular complexity index is 997. The fraction of sp³-hybridized carbons (Fsp3) is 0.522. The molecule has 2 aliphatic rings. The maximum absolute atomic E-state index is 13.2. The Balaban J connectivity index is 1.45. The fourth-order valence-corrected chi connectivity index (χ4v) is 4.83. The molecule has 0 N–H and O–H groups in total. The number of hydrogen-bond donors (Lipinski definition) is 0. The van der Waals surface area contributed by atoms with E-state index in [2.05, 4.69) is 9.64 Å². The number of esters is 1. The zero-order chi connectivity index (χ0) is 22.0. The summed E-state index contributed by atoms with van der Waals surface area (Å²) in [4.78, 5) is 41.1. The zero-order valence-electron chi connectivity index (χ0n) is 18.1. The summed E-state index contributed by atoms with van der Waals surface area (Å²) in [5, 5.41) is 0. The minimum atomic E-state index is -0.368. The summed E-state index contributed by atoms with van der Waals surface area (Å²) in [5.74, 6) is 0.0195. The van der Waals surface area contributed by atoms with Gasteiger partial charge >= 0.3 is 5.97 Å². The molecule has 4 rings (SSSR count). The molecule has 1 amide bonds. The van der Waals surface area contributed by atoms with Gasteiger partial charge in [0.2, 0.25) is 5.91 Å². The van der Waals surface area contributed by atoms with E-state index in [-0.39, 0.29) is 42.1 Å². The Hall–Kier alpha value is -2.87. The van der Waals surface area contributed by atoms with Crippen LogP contribution in [0, 0.1) is 5.92 Å². The predicted octanol–water partition coefficient (Wildman–Crippen LogP) is 1.97. The number of ether oxygens (including phenoxy) is 1. The van der Waals surface area contributed by atoms with Crippen molar-refractivity contribution < 1.29 is 18.7 Å². The molecular formula is C23H29N3O5. The lowest BCUT2D eigenvalue weighted by Crippen LogP contribution is -2.49. The molecule has 2 aromatic rings. The number of likely N-dealkylation sites (tertiary alicyclic amines) is 1. The number of hydrogen-bond acceptors (Lipinski definition) is 6. The predicted molar refractivity (Wildman–Crippen MR) is 113 cm³/mol. The Morgan fingerprint density at radius 3 is 2.74 bits per heavy atom. The standard InChI is InChI=1S/C23H29N3O5/c1-24(10-16-7-8-31-15-16)13-18-3-4-20-19-9-17(12-26(20)23(18)29)11-25(14-19)21(27)5-6-22(28)30-2/h3-4,7-8,15,17,19H,5-6,9-14H2,1-2H3/t17-,19+/m0/s1. The number of fused-ring (bicyclic) bond motifs is 4. The minimum Gasteiger partial charge on any atom is -0.472 e. The van der Waals surface area contributed by atoms with Crippen LogP contribution in [0.3, 0.4) is 0 Å². The summed E-state index contributed by atoms with van der Waals surface area (Å²) in [6, 6.07) is 5.90. The van der Waals surface area contributed by atoms with Gasteiger partial charge in [-0.15, -0.1) is 0 Å². The molecule has 0 saturated carbocycles. The molecule has 8 nitrogen and oxygen atoms in total. The van der Waals surface area contributed by atoms with Gasteiger partial charge in [-0.25, -0.2) is 0 Å². The summed E-state index contributed by atoms with van der Waals surface area (Å²) in [7, 11) is 3.32. The molecule has 31 heavy (non-hydrogen) atoms. The number of pyridine rings is 1. The summed E-state index contributed by atoms with van der Waals surface area (Å²) >= 11 is 0. The third kappa shape index (κ3) is 4.74. The quantitative estimate of drug-likeness (QED) is 0.628. The molecule has 166 valence electrons. The molecule has 1 saturated heterocycles. The van der Waals surface area contributed by atoms with Gasteiger partial charge in [0.05, 0.1) is 26.1 Å². The van der Waals surface area contributed by atoms with Gasteiger partial charge in [0.15, 0.2) is 0 Å². The zero-order valence-corrected chi connectivity index (χ0v) is 18.1. The van der Waals surface area contributed by atoms with Gasteiger partial charge in [-0.3, -0.25) is 19.3 Å². The molecule has 2 bridgehead atoms. The molecular weight excluding hydrogens is 398 g/mol. The summed E-state index contributed by atoms with van der Waals surface area (Å²) in [5.41, 5.74) is 2.93. The van der Waals surface area contributed by atoms with E-state index in [0.29, 0.717) is 32.7 Å². The molecule has 2 atom stereocenters. The third-order valence-corrected chi connectivity index (χ3v) is 6.28. The van der Waals surface area contributed by atoms with Gasteiger partial charge in [0.25, 0.3) is 5.56 Å². The van der Waals surface area contributed by atoms with E-state index < -0.39 is 0 Å². The summed E-state index contributed by atoms with van der Waals surface area (Å²) < 4.78 is 11.7. The highest BCUT2D eigenvalue weighted by Crippen LogP contribution is 2.35. The van der Waals surface area contributed by atoms with Crippen molar-refractivity contribution in [3.8, 4) is 0 Å². The monoisotopic (exact) mass is 427 g/mol. The van der Waals surface area contributed by atoms with E-state index in [1.165, 1.54) is 7.11 Å². The highest BCUT2D eigenvalue weighted by molar-refractivity contribution is 5.81. The molecule has 2 aromatic heterocycles. The van der Waals surface area contributed by atoms with E-state index in [4.69, 9.17) is 4.42 Å². The van der Waals surface area contributed by atoms with Crippen LogP contribution in [0.5, 0.6) is 0 Å². The van der Waals surface area contributed by atoms with Crippen molar-refractivity contribution in [2.45, 2.75) is 44.8 Å². The van der Waals surface area contributed by atoms with Gasteiger partial charge < -0.3 is 18.6 Å². The molecule has 0 radical (unpaired) electrons. The van der Waals surface area contributed by atoms with Crippen molar-refractivity contribution in [1.82, 2.24) is 14.4 Å². The van der Waals surface area contributed by atoms with Crippen LogP contribution in [0.1, 0.15) is 42.0 Å². The number of amides is 1. The topological polar surface area (TPSA) is 85.0 Å². The van der Waals surface area contributed by atoms with Crippen molar-refractivity contribution in [3.63, 3.8) is 0 Å². The van der Waals surface area contributed by atoms with Gasteiger partial charge in [-0.2, -0.15) is 0 Å². The summed E-state index contributed by atoms with van der Waals surface area (Å²) in [6.07, 6.45) is 4.63. The van der Waals surface area contributed by atoms with Crippen LogP contribution < -0.4 is 5.56 Å². The number of aromatic nitrogens is 1. The second-order valence-corrected chi connectivity index (χ2v) is 8.68. The fourth-order valence-electron chi connectivity index (χ4n) is 4.83. The largest absolute Gasteiger partial charge is 0.472 e. The van der Waals surface area contributed by atoms with Crippen LogP contribution in [0.25, 0.3) is 0 Å². The lowest BCUT2D eigenvalue weighted by molar-refractivity contribution is -0.144. The first-order valence-electron chi connectivity index (χ1n) is 10.7. The lowest BCUT2D eigenvalue weighted by Gasteiger charge is -2.43. The molecule has 8 heteroatoms. The van der Waals surface area contributed by atoms with Crippen LogP contribution in [0.15, 0.2) is 39.9 Å². The number of carbonyl (C=O) groups is 2. The van der Waals surface area contributed by atoms with Crippen molar-refractivity contribution in [2.75, 3.05) is 27.2 Å². The van der Waals surface area contributed by atoms with Crippen LogP contribution in [0.2, 0.25) is 0 Å². The highest BCUT2D eigenvalue weighted by Gasteiger charge is 2.36. The van der Waals surface area contributed by atoms with Crippen molar-refractivity contribution >= 4 is 11.9 Å². The molecule has 0 aliphatic carbocycles. The maximum atomic E-state index is 13.2. The number of methoxy groups -OCH3 is 1. The second-order valence-electron chi connectivity index (χ2n) is 8.68. The van der Waals surface area contributed by atoms with Gasteiger partial charge in [-0.1, -0.05) is 6.07 Å². The van der Waals surface area contributed by atoms with E-state index in [9.17, 15) is 14.4 Å². The Morgan fingerprint density at radius 1 is 1.16 bits per heavy atom. The number of piperidine rings is 1. The smallest absolute Gasteiger partial charge is 0.306 e. The lowest BCUT2D eigenvalue weighted by atomic mass is 9.82. The normalized spacial score (nSPS) is 19.9. The van der Waals surface area contributed by atoms with Crippen LogP contribution in [-0.4, -0.2) is 53.5 Å². The first kappa shape index (κ1) is 21.4. The average molecular weight is 428 g/mol. The van der Waals surface area contributed by atoms with Gasteiger partial charge in [0.1, 0.15) is 0 Å².